The first-order valence-corrected chi connectivity index (χ1v) is 41.3. The predicted molar refractivity (Wildman–Crippen MR) is 460 cm³/mol. The monoisotopic (exact) mass is 1560 g/mol. The van der Waals surface area contributed by atoms with Crippen LogP contribution in [-0.2, 0) is 34.3 Å². The van der Waals surface area contributed by atoms with E-state index >= 15 is 0 Å². The number of carbonyl (C=O) groups excluding carboxylic acids is 3. The average molecular weight is 1570 g/mol. The van der Waals surface area contributed by atoms with Crippen molar-refractivity contribution >= 4 is 58.9 Å². The summed E-state index contributed by atoms with van der Waals surface area (Å²) in [7, 11) is 0. The van der Waals surface area contributed by atoms with E-state index in [9.17, 15) is 24.3 Å². The Balaban J connectivity index is 0.000000198. The maximum absolute atomic E-state index is 14.6. The summed E-state index contributed by atoms with van der Waals surface area (Å²) < 4.78 is 18.1. The van der Waals surface area contributed by atoms with Gasteiger partial charge in [-0.15, -0.1) is 11.6 Å². The number of alkyl halides is 1. The number of halogens is 3. The number of carboxylic acids is 1. The van der Waals surface area contributed by atoms with Crippen molar-refractivity contribution < 1.29 is 38.5 Å². The molecule has 4 atom stereocenters. The number of esters is 1. The minimum atomic E-state index is -1.38. The number of aryl methyl sites for hydroxylation is 2. The minimum absolute atomic E-state index is 0.0370. The van der Waals surface area contributed by atoms with Crippen LogP contribution in [0.3, 0.4) is 0 Å². The van der Waals surface area contributed by atoms with Crippen molar-refractivity contribution in [2.45, 2.75) is 199 Å². The second-order valence-corrected chi connectivity index (χ2v) is 31.1. The van der Waals surface area contributed by atoms with E-state index in [1.807, 2.05) is 183 Å². The number of amides is 2. The van der Waals surface area contributed by atoms with Crippen molar-refractivity contribution in [2.75, 3.05) is 19.8 Å². The highest BCUT2D eigenvalue weighted by Crippen LogP contribution is 2.49. The zero-order valence-corrected chi connectivity index (χ0v) is 68.9. The lowest BCUT2D eigenvalue weighted by molar-refractivity contribution is -0.156. The van der Waals surface area contributed by atoms with Crippen LogP contribution in [0.5, 0.6) is 0 Å². The predicted octanol–water partition coefficient (Wildman–Crippen LogP) is 25.2. The van der Waals surface area contributed by atoms with Gasteiger partial charge in [0.25, 0.3) is 0 Å². The summed E-state index contributed by atoms with van der Waals surface area (Å²) in [6, 6.07) is 83.4. The van der Waals surface area contributed by atoms with Crippen molar-refractivity contribution in [1.29, 1.82) is 0 Å². The highest BCUT2D eigenvalue weighted by atomic mass is 35.5. The Labute approximate surface area is 680 Å². The van der Waals surface area contributed by atoms with Gasteiger partial charge in [0.1, 0.15) is 30.2 Å². The molecule has 12 rings (SSSR count). The normalized spacial score (nSPS) is 13.5. The van der Waals surface area contributed by atoms with E-state index in [0.29, 0.717) is 40.5 Å². The average Bonchev–Trinajstić information content (AvgIpc) is 1.19. The Morgan fingerprint density at radius 1 is 0.411 bits per heavy atom. The molecule has 2 amide bonds. The largest absolute Gasteiger partial charge is 0.480 e. The molecule has 112 heavy (non-hydrogen) atoms. The summed E-state index contributed by atoms with van der Waals surface area (Å²) in [6.45, 7) is 21.1. The Hall–Kier alpha value is -9.49. The van der Waals surface area contributed by atoms with E-state index in [4.69, 9.17) is 49.0 Å². The summed E-state index contributed by atoms with van der Waals surface area (Å²) in [5, 5.41) is 16.0. The first kappa shape index (κ1) is 86.5. The molecule has 0 bridgehead atoms. The number of benzene rings is 10. The van der Waals surface area contributed by atoms with Crippen molar-refractivity contribution in [3.63, 3.8) is 0 Å². The maximum Gasteiger partial charge on any atom is 0.407 e. The van der Waals surface area contributed by atoms with Gasteiger partial charge >= 0.3 is 24.1 Å². The molecule has 0 radical (unpaired) electrons. The van der Waals surface area contributed by atoms with Crippen LogP contribution >= 0.6 is 34.8 Å². The number of nitrogens with one attached hydrogen (secondary N) is 2. The molecule has 2 unspecified atom stereocenters. The van der Waals surface area contributed by atoms with Crippen molar-refractivity contribution in [2.24, 2.45) is 0 Å². The molecule has 588 valence electrons. The first-order valence-electron chi connectivity index (χ1n) is 40.1. The highest BCUT2D eigenvalue weighted by Gasteiger charge is 2.44. The van der Waals surface area contributed by atoms with Crippen LogP contribution in [0.1, 0.15) is 217 Å². The molecule has 10 aromatic rings. The first-order chi connectivity index (χ1) is 54.2. The van der Waals surface area contributed by atoms with Gasteiger partial charge in [0.15, 0.2) is 5.60 Å². The van der Waals surface area contributed by atoms with E-state index in [1.54, 1.807) is 6.07 Å². The zero-order valence-electron chi connectivity index (χ0n) is 66.6. The highest BCUT2D eigenvalue weighted by molar-refractivity contribution is 6.35. The number of rotatable bonds is 32. The number of alkyl carbamates (subject to hydrolysis) is 2. The summed E-state index contributed by atoms with van der Waals surface area (Å²) in [5.41, 5.74) is 15.1. The minimum Gasteiger partial charge on any atom is -0.480 e. The zero-order chi connectivity index (χ0) is 80.0. The van der Waals surface area contributed by atoms with Crippen molar-refractivity contribution in [3.8, 4) is 22.3 Å². The number of unbranched alkanes of at least 4 members (excludes halogenated alkanes) is 10. The Morgan fingerprint density at radius 2 is 0.741 bits per heavy atom. The topological polar surface area (TPSA) is 144 Å². The molecule has 0 aliphatic heterocycles. The fraction of sp³-hybridized carbons (Fsp3) is 0.347. The number of fused-ring (bicyclic) bond motifs is 6. The third-order valence-corrected chi connectivity index (χ3v) is 22.5. The van der Waals surface area contributed by atoms with Gasteiger partial charge < -0.3 is 30.0 Å². The Morgan fingerprint density at radius 3 is 1.13 bits per heavy atom. The van der Waals surface area contributed by atoms with E-state index in [2.05, 4.69) is 144 Å². The van der Waals surface area contributed by atoms with Crippen LogP contribution in [0.15, 0.2) is 255 Å². The van der Waals surface area contributed by atoms with E-state index in [-0.39, 0.29) is 25.0 Å². The molecule has 0 saturated heterocycles. The molecule has 0 heterocycles. The van der Waals surface area contributed by atoms with E-state index in [0.717, 1.165) is 136 Å². The summed E-state index contributed by atoms with van der Waals surface area (Å²) in [4.78, 5) is 53.7. The number of carboxylic acid groups (broad SMARTS) is 1. The van der Waals surface area contributed by atoms with Crippen LogP contribution in [0, 0.1) is 13.8 Å². The van der Waals surface area contributed by atoms with Crippen molar-refractivity contribution in [3.05, 3.63) is 332 Å². The summed E-state index contributed by atoms with van der Waals surface area (Å²) in [5.74, 6) is -1.71. The maximum atomic E-state index is 14.6. The number of hydrogen-bond donors (Lipinski definition) is 3. The second kappa shape index (κ2) is 43.5. The standard InChI is InChI=1S/C45H46ClNO4.C25H31NO4.C20H16Cl2.C8H19N/c1-3-4-5-6-7-11-26-42(47-44(49)50-31-39-37-22-14-12-20-35(37)36-21-13-15-23-38(36)39)43(48)51-45(33-18-9-8-10-19-33,34-29-27-32(2)28-30-34)40-24-16-17-25-41(40)46;1-2-3-4-5-6-7-16-23(24(27)28)26-25(29)30-17-22-20-14-10-8-12-18(20)19-13-9-11-15-21(19)22;1-15-11-13-17(14-12-15)20(22,16-7-3-2-4-8-16)18-9-5-6-10-19(18)21;1-6-9(7(2)3)8(4)5/h8-10,12-25,27-30,39,42H,3-7,11,26,31H2,1-2H3,(H,47,49);8-15,22-23H,2-7,16-17H2,1H3,(H,26,29)(H,27,28);2-14H,1H3;7-8H,6H2,1-5H3/t42-,45?;23-;;/m00../s1. The van der Waals surface area contributed by atoms with E-state index < -0.39 is 46.7 Å². The molecule has 0 spiro atoms. The quantitative estimate of drug-likeness (QED) is 0.0123. The SMILES string of the molecule is CCCCCCCC[C@H](NC(=O)OCC1c2ccccc2-c2ccccc21)C(=O)O.CCCCCCCC[C@H](NC(=O)OCC1c2ccccc2-c2ccccc21)C(=O)OC(c1ccccc1)(c1ccc(C)cc1)c1ccccc1Cl.CCN(C(C)C)C(C)C.Cc1ccc(C(Cl)(c2ccccc2)c2ccccc2Cl)cc1. The van der Waals surface area contributed by atoms with Gasteiger partial charge in [-0.3, -0.25) is 4.90 Å². The molecule has 0 fully saturated rings. The Bertz CT molecular complexity index is 4490. The van der Waals surface area contributed by atoms with Gasteiger partial charge in [-0.25, -0.2) is 19.2 Å². The number of aliphatic carboxylic acids is 1. The lowest BCUT2D eigenvalue weighted by atomic mass is 9.79. The fourth-order valence-electron chi connectivity index (χ4n) is 15.4. The van der Waals surface area contributed by atoms with Crippen LogP contribution in [0.2, 0.25) is 10.0 Å². The molecular weight excluding hydrogens is 1450 g/mol. The van der Waals surface area contributed by atoms with Gasteiger partial charge in [-0.05, 0) is 129 Å². The van der Waals surface area contributed by atoms with Crippen LogP contribution in [0.4, 0.5) is 9.59 Å². The molecule has 3 N–H and O–H groups in total. The lowest BCUT2D eigenvalue weighted by Crippen LogP contribution is -2.46. The molecule has 0 aromatic heterocycles. The molecule has 10 aromatic carbocycles. The number of ether oxygens (including phenoxy) is 3. The van der Waals surface area contributed by atoms with Gasteiger partial charge in [0.05, 0.1) is 0 Å². The molecule has 11 nitrogen and oxygen atoms in total. The summed E-state index contributed by atoms with van der Waals surface area (Å²) in [6.07, 6.45) is 12.2. The van der Waals surface area contributed by atoms with Crippen LogP contribution < -0.4 is 10.6 Å². The van der Waals surface area contributed by atoms with Gasteiger partial charge in [0, 0.05) is 56.2 Å². The van der Waals surface area contributed by atoms with Gasteiger partial charge in [0.2, 0.25) is 0 Å². The number of carbonyl (C=O) groups is 4. The lowest BCUT2D eigenvalue weighted by Gasteiger charge is -2.37. The molecular formula is C98H112Cl3N3O8. The smallest absolute Gasteiger partial charge is 0.407 e. The van der Waals surface area contributed by atoms with Gasteiger partial charge in [-0.2, -0.15) is 0 Å². The number of hydrogen-bond acceptors (Lipinski definition) is 8. The van der Waals surface area contributed by atoms with E-state index in [1.165, 1.54) is 31.2 Å². The molecule has 14 heteroatoms. The third kappa shape index (κ3) is 22.7. The van der Waals surface area contributed by atoms with Crippen LogP contribution in [-0.4, -0.2) is 78.1 Å². The van der Waals surface area contributed by atoms with Crippen LogP contribution in [0.25, 0.3) is 22.3 Å². The molecule has 0 saturated carbocycles. The van der Waals surface area contributed by atoms with Gasteiger partial charge in [-0.1, -0.05) is 375 Å². The van der Waals surface area contributed by atoms with Crippen molar-refractivity contribution in [1.82, 2.24) is 15.5 Å². The summed E-state index contributed by atoms with van der Waals surface area (Å²) >= 11 is 20.6. The fourth-order valence-corrected chi connectivity index (χ4v) is 16.4. The second-order valence-electron chi connectivity index (χ2n) is 29.7. The third-order valence-electron chi connectivity index (χ3n) is 21.2. The number of nitrogens with zero attached hydrogens (tertiary/aromatic N) is 1. The Kier molecular flexibility index (Phi) is 33.6. The molecule has 2 aliphatic carbocycles. The molecule has 2 aliphatic rings.